The lowest BCUT2D eigenvalue weighted by Crippen LogP contribution is -2.37. The van der Waals surface area contributed by atoms with Gasteiger partial charge < -0.3 is 5.11 Å². The first kappa shape index (κ1) is 12.0. The molecule has 4 nitrogen and oxygen atoms in total. The van der Waals surface area contributed by atoms with Gasteiger partial charge in [0, 0.05) is 24.9 Å². The van der Waals surface area contributed by atoms with Crippen LogP contribution in [0.1, 0.15) is 30.9 Å². The van der Waals surface area contributed by atoms with Crippen LogP contribution in [-0.4, -0.2) is 34.6 Å². The molecule has 4 heteroatoms. The largest absolute Gasteiger partial charge is 0.481 e. The van der Waals surface area contributed by atoms with Crippen molar-refractivity contribution >= 4 is 5.97 Å². The van der Waals surface area contributed by atoms with Gasteiger partial charge in [0.15, 0.2) is 0 Å². The van der Waals surface area contributed by atoms with E-state index in [0.29, 0.717) is 0 Å². The van der Waals surface area contributed by atoms with Crippen molar-refractivity contribution < 1.29 is 9.90 Å². The first-order valence-corrected chi connectivity index (χ1v) is 6.00. The summed E-state index contributed by atoms with van der Waals surface area (Å²) in [4.78, 5) is 17.3. The van der Waals surface area contributed by atoms with E-state index in [1.807, 2.05) is 18.3 Å². The predicted molar refractivity (Wildman–Crippen MR) is 64.6 cm³/mol. The van der Waals surface area contributed by atoms with Crippen LogP contribution in [-0.2, 0) is 4.79 Å². The molecule has 0 spiro atoms. The Labute approximate surface area is 101 Å². The van der Waals surface area contributed by atoms with Gasteiger partial charge in [-0.2, -0.15) is 0 Å². The summed E-state index contributed by atoms with van der Waals surface area (Å²) in [5.41, 5.74) is 1.13. The Morgan fingerprint density at radius 2 is 2.47 bits per heavy atom. The summed E-state index contributed by atoms with van der Waals surface area (Å²) in [6.45, 7) is 1.02. The van der Waals surface area contributed by atoms with Gasteiger partial charge in [-0.25, -0.2) is 0 Å². The highest BCUT2D eigenvalue weighted by Gasteiger charge is 2.31. The van der Waals surface area contributed by atoms with Gasteiger partial charge in [-0.15, -0.1) is 0 Å². The van der Waals surface area contributed by atoms with Crippen LogP contribution in [0.2, 0.25) is 0 Å². The standard InChI is InChI=1S/C13H18N2O2/c1-15-7-3-5-10(8-12(16)17)13(15)11-4-2-6-14-9-11/h2,4,6,9-10,13H,3,5,7-8H2,1H3,(H,16,17)/t10-,13+/m1/s1. The van der Waals surface area contributed by atoms with E-state index in [9.17, 15) is 4.79 Å². The van der Waals surface area contributed by atoms with Crippen LogP contribution in [0, 0.1) is 5.92 Å². The number of carboxylic acid groups (broad SMARTS) is 1. The number of carboxylic acids is 1. The summed E-state index contributed by atoms with van der Waals surface area (Å²) in [7, 11) is 2.06. The molecule has 1 aromatic heterocycles. The van der Waals surface area contributed by atoms with E-state index in [1.54, 1.807) is 6.20 Å². The van der Waals surface area contributed by atoms with Crippen LogP contribution in [0.4, 0.5) is 0 Å². The van der Waals surface area contributed by atoms with E-state index in [1.165, 1.54) is 0 Å². The van der Waals surface area contributed by atoms with Crippen molar-refractivity contribution in [3.05, 3.63) is 30.1 Å². The fraction of sp³-hybridized carbons (Fsp3) is 0.538. The van der Waals surface area contributed by atoms with Crippen molar-refractivity contribution in [1.82, 2.24) is 9.88 Å². The first-order chi connectivity index (χ1) is 8.18. The van der Waals surface area contributed by atoms with Gasteiger partial charge in [0.1, 0.15) is 0 Å². The molecule has 0 aliphatic carbocycles. The minimum atomic E-state index is -0.709. The molecule has 0 amide bonds. The molecule has 0 unspecified atom stereocenters. The molecular formula is C13H18N2O2. The Bertz CT molecular complexity index is 380. The Hall–Kier alpha value is -1.42. The van der Waals surface area contributed by atoms with Crippen LogP contribution in [0.3, 0.4) is 0 Å². The number of aromatic nitrogens is 1. The number of nitrogens with zero attached hydrogens (tertiary/aromatic N) is 2. The molecule has 92 valence electrons. The van der Waals surface area contributed by atoms with Crippen LogP contribution >= 0.6 is 0 Å². The molecule has 0 saturated carbocycles. The molecule has 2 rings (SSSR count). The molecule has 1 aliphatic heterocycles. The fourth-order valence-electron chi connectivity index (χ4n) is 2.78. The molecule has 0 radical (unpaired) electrons. The monoisotopic (exact) mass is 234 g/mol. The quantitative estimate of drug-likeness (QED) is 0.868. The maximum absolute atomic E-state index is 10.9. The van der Waals surface area contributed by atoms with E-state index in [4.69, 9.17) is 5.11 Å². The van der Waals surface area contributed by atoms with Crippen molar-refractivity contribution in [2.45, 2.75) is 25.3 Å². The van der Waals surface area contributed by atoms with E-state index >= 15 is 0 Å². The third-order valence-electron chi connectivity index (χ3n) is 3.47. The number of likely N-dealkylation sites (tertiary alicyclic amines) is 1. The maximum Gasteiger partial charge on any atom is 0.303 e. The van der Waals surface area contributed by atoms with Gasteiger partial charge in [-0.3, -0.25) is 14.7 Å². The highest BCUT2D eigenvalue weighted by molar-refractivity contribution is 5.67. The molecule has 2 heterocycles. The Kier molecular flexibility index (Phi) is 3.74. The van der Waals surface area contributed by atoms with Crippen molar-refractivity contribution in [2.24, 2.45) is 5.92 Å². The third kappa shape index (κ3) is 2.82. The average Bonchev–Trinajstić information content (AvgIpc) is 2.29. The summed E-state index contributed by atoms with van der Waals surface area (Å²) in [6, 6.07) is 4.14. The molecule has 1 N–H and O–H groups in total. The highest BCUT2D eigenvalue weighted by atomic mass is 16.4. The summed E-state index contributed by atoms with van der Waals surface area (Å²) in [5.74, 6) is -0.519. The van der Waals surface area contributed by atoms with Crippen LogP contribution in [0.15, 0.2) is 24.5 Å². The Morgan fingerprint density at radius 1 is 1.65 bits per heavy atom. The van der Waals surface area contributed by atoms with E-state index in [2.05, 4.69) is 16.9 Å². The second kappa shape index (κ2) is 5.27. The van der Waals surface area contributed by atoms with Crippen LogP contribution in [0.25, 0.3) is 0 Å². The minimum Gasteiger partial charge on any atom is -0.481 e. The van der Waals surface area contributed by atoms with E-state index in [0.717, 1.165) is 24.9 Å². The number of hydrogen-bond acceptors (Lipinski definition) is 3. The van der Waals surface area contributed by atoms with Gasteiger partial charge >= 0.3 is 5.97 Å². The number of hydrogen-bond donors (Lipinski definition) is 1. The average molecular weight is 234 g/mol. The zero-order valence-electron chi connectivity index (χ0n) is 10.0. The lowest BCUT2D eigenvalue weighted by molar-refractivity contribution is -0.139. The molecule has 1 aliphatic rings. The van der Waals surface area contributed by atoms with Crippen molar-refractivity contribution in [3.63, 3.8) is 0 Å². The van der Waals surface area contributed by atoms with Crippen LogP contribution in [0.5, 0.6) is 0 Å². The van der Waals surface area contributed by atoms with Crippen molar-refractivity contribution in [3.8, 4) is 0 Å². The van der Waals surface area contributed by atoms with E-state index < -0.39 is 5.97 Å². The Morgan fingerprint density at radius 3 is 3.12 bits per heavy atom. The lowest BCUT2D eigenvalue weighted by atomic mass is 9.83. The number of piperidine rings is 1. The number of pyridine rings is 1. The molecule has 1 aromatic rings. The van der Waals surface area contributed by atoms with Crippen molar-refractivity contribution in [2.75, 3.05) is 13.6 Å². The fourth-order valence-corrected chi connectivity index (χ4v) is 2.78. The minimum absolute atomic E-state index is 0.188. The molecule has 0 bridgehead atoms. The Balaban J connectivity index is 2.22. The molecule has 1 fully saturated rings. The first-order valence-electron chi connectivity index (χ1n) is 6.00. The second-order valence-electron chi connectivity index (χ2n) is 4.71. The summed E-state index contributed by atoms with van der Waals surface area (Å²) >= 11 is 0. The highest BCUT2D eigenvalue weighted by Crippen LogP contribution is 2.36. The zero-order chi connectivity index (χ0) is 12.3. The van der Waals surface area contributed by atoms with Gasteiger partial charge in [0.2, 0.25) is 0 Å². The second-order valence-corrected chi connectivity index (χ2v) is 4.71. The molecule has 0 aromatic carbocycles. The molecule has 1 saturated heterocycles. The smallest absolute Gasteiger partial charge is 0.303 e. The van der Waals surface area contributed by atoms with Gasteiger partial charge in [0.25, 0.3) is 0 Å². The van der Waals surface area contributed by atoms with Crippen molar-refractivity contribution in [1.29, 1.82) is 0 Å². The number of aliphatic carboxylic acids is 1. The summed E-state index contributed by atoms with van der Waals surface area (Å²) < 4.78 is 0. The topological polar surface area (TPSA) is 53.4 Å². The number of rotatable bonds is 3. The van der Waals surface area contributed by atoms with Gasteiger partial charge in [-0.1, -0.05) is 6.07 Å². The predicted octanol–water partition coefficient (Wildman–Crippen LogP) is 1.94. The summed E-state index contributed by atoms with van der Waals surface area (Å²) in [6.07, 6.45) is 5.89. The van der Waals surface area contributed by atoms with E-state index in [-0.39, 0.29) is 18.4 Å². The lowest BCUT2D eigenvalue weighted by Gasteiger charge is -2.38. The van der Waals surface area contributed by atoms with Gasteiger partial charge in [-0.05, 0) is 44.0 Å². The third-order valence-corrected chi connectivity index (χ3v) is 3.47. The molecule has 17 heavy (non-hydrogen) atoms. The molecule has 2 atom stereocenters. The maximum atomic E-state index is 10.9. The summed E-state index contributed by atoms with van der Waals surface area (Å²) in [5, 5.41) is 8.98. The normalized spacial score (nSPS) is 25.7. The van der Waals surface area contributed by atoms with Crippen LogP contribution < -0.4 is 0 Å². The van der Waals surface area contributed by atoms with Gasteiger partial charge in [0.05, 0.1) is 0 Å². The SMILES string of the molecule is CN1CCC[C@H](CC(=O)O)[C@H]1c1cccnc1. The molecular weight excluding hydrogens is 216 g/mol. The zero-order valence-corrected chi connectivity index (χ0v) is 10.0. The number of carbonyl (C=O) groups is 1.